The zero-order valence-electron chi connectivity index (χ0n) is 65.7. The molecule has 0 bridgehead atoms. The maximum absolute atomic E-state index is 12.4. The van der Waals surface area contributed by atoms with Crippen molar-refractivity contribution in [1.82, 2.24) is 59.9 Å². The molecule has 2 amide bonds. The van der Waals surface area contributed by atoms with Crippen molar-refractivity contribution in [3.05, 3.63) is 226 Å². The minimum atomic E-state index is -3.53. The number of hydrogen-bond donors (Lipinski definition) is 8. The number of rotatable bonds is 25. The topological polar surface area (TPSA) is 319 Å². The number of carbonyl (C=O) groups excluding carboxylic acids is 2. The number of fused-ring (bicyclic) bond motifs is 3. The number of methoxy groups -OCH3 is 1. The minimum absolute atomic E-state index is 0. The average molecular weight is 1840 g/mol. The normalized spacial score (nSPS) is 17.2. The standard InChI is InChI=1S/C27H34Cl2N2O4.C22H24Cl2N4O3.C22H26Cl2N2O5S.C15H12BrN5.6H2/c1-34-21-4-2-19(3-5-21)16-26(27(32)33)31-14-8-20(9-15-31)18-30-12-10-22(11-13-30)35-23-6-7-24(28)25(29)17-23;23-18-6-5-16(11-19(18)24)31-15-7-9-28(10-8-15)13-14(29)12-25-22(30)21-17-3-1-2-4-20(17)26-27-21;1-32(29,30)21-5-3-2-4-18(21)22(28)25-13-15(27)14-26-10-8-16(9-11-26)31-17-6-7-19(23)20(24)12-17;16-11-4-2-1-3-9(11)7-10-5-6-21-13(17)12-14(19-8-18-12)20-15(10)21;;;;;;/h2-7,17,20,22,26H,8-16,18H2,1H3,(H,32,33);1-6,11,14-15,29H,7-10,12-13H2,(H,25,30)(H,26,27);2-7,12,15-16,27H,8-11,13-14H2,1H3,(H,25,28);1-4,7-8,17H,5-6H2,(H,18,19);6*1H/b;;;10-7+,17-13?;;;;;;/t26-;;15-;;;;;;;/m0.1......./s1. The van der Waals surface area contributed by atoms with E-state index in [1.807, 2.05) is 83.4 Å². The third kappa shape index (κ3) is 25.4. The van der Waals surface area contributed by atoms with E-state index in [9.17, 15) is 38.1 Å². The van der Waals surface area contributed by atoms with E-state index in [0.29, 0.717) is 89.4 Å². The average Bonchev–Trinajstić information content (AvgIpc) is 1.62. The van der Waals surface area contributed by atoms with Crippen molar-refractivity contribution in [1.29, 1.82) is 5.41 Å². The lowest BCUT2D eigenvalue weighted by molar-refractivity contribution is -0.144. The molecule has 5 aliphatic rings. The molecule has 10 aromatic rings. The van der Waals surface area contributed by atoms with Gasteiger partial charge in [-0.3, -0.25) is 29.8 Å². The number of aromatic amines is 2. The van der Waals surface area contributed by atoms with Crippen molar-refractivity contribution in [2.75, 3.05) is 98.4 Å². The number of aliphatic hydroxyl groups is 2. The van der Waals surface area contributed by atoms with Crippen molar-refractivity contribution < 1.29 is 65.6 Å². The molecule has 119 heavy (non-hydrogen) atoms. The van der Waals surface area contributed by atoms with Crippen LogP contribution < -0.4 is 35.1 Å². The summed E-state index contributed by atoms with van der Waals surface area (Å²) in [5, 5.41) is 54.9. The molecule has 0 spiro atoms. The molecule has 8 heterocycles. The van der Waals surface area contributed by atoms with Gasteiger partial charge < -0.3 is 69.2 Å². The SMILES string of the molecule is COc1ccc(C[C@@H](C(=O)O)N2CCC(CN3CCC(Oc4ccc(Cl)c(Cl)c4)CC3)CC2)cc1.CS(=O)(=O)c1ccccc1C(=O)NC[C@@H](O)CN1CCC(Oc2ccc(Cl)c(Cl)c2)CC1.N=c1c2[nH]cnc2nc2n1CC/C2=C\c1ccccc1Br.O=C(NCC(O)CN1CCC(Oc2ccc(Cl)c(Cl)c2)CC1)c1n[nH]c2ccccc12.[HH].[HH].[HH].[HH].[HH].[HH]. The summed E-state index contributed by atoms with van der Waals surface area (Å²) in [7, 11) is -1.90. The number of carbonyl (C=O) groups is 3. The number of halogens is 7. The van der Waals surface area contributed by atoms with Crippen LogP contribution in [0.3, 0.4) is 0 Å². The fourth-order valence-corrected chi connectivity index (χ4v) is 17.3. The number of carboxylic acid groups (broad SMARTS) is 1. The fourth-order valence-electron chi connectivity index (χ4n) is 15.1. The molecular weight excluding hydrogens is 1730 g/mol. The molecule has 25 nitrogen and oxygen atoms in total. The molecule has 0 saturated carbocycles. The number of aliphatic hydroxyl groups excluding tert-OH is 2. The molecule has 8 N–H and O–H groups in total. The number of aliphatic carboxylic acids is 1. The van der Waals surface area contributed by atoms with Gasteiger partial charge in [0.1, 0.15) is 58.7 Å². The third-order valence-corrected chi connectivity index (χ3v) is 25.6. The van der Waals surface area contributed by atoms with Gasteiger partial charge in [-0.15, -0.1) is 0 Å². The molecule has 7 aromatic carbocycles. The van der Waals surface area contributed by atoms with Crippen LogP contribution in [0, 0.1) is 11.3 Å². The van der Waals surface area contributed by atoms with E-state index in [1.54, 1.807) is 68.0 Å². The number of benzene rings is 7. The van der Waals surface area contributed by atoms with E-state index in [2.05, 4.69) is 83.5 Å². The summed E-state index contributed by atoms with van der Waals surface area (Å²) in [6.45, 7) is 9.72. The van der Waals surface area contributed by atoms with Crippen LogP contribution in [0.2, 0.25) is 30.1 Å². The number of imidazole rings is 1. The Labute approximate surface area is 738 Å². The van der Waals surface area contributed by atoms with E-state index in [1.165, 1.54) is 12.1 Å². The smallest absolute Gasteiger partial charge is 0.321 e. The Morgan fingerprint density at radius 1 is 0.630 bits per heavy atom. The highest BCUT2D eigenvalue weighted by molar-refractivity contribution is 9.10. The summed E-state index contributed by atoms with van der Waals surface area (Å²) in [5.74, 6) is 2.81. The number of sulfone groups is 1. The second-order valence-corrected chi connectivity index (χ2v) is 35.3. The number of amides is 2. The van der Waals surface area contributed by atoms with Gasteiger partial charge in [0.05, 0.1) is 71.8 Å². The van der Waals surface area contributed by atoms with Crippen LogP contribution >= 0.6 is 85.5 Å². The van der Waals surface area contributed by atoms with Crippen molar-refractivity contribution in [3.63, 3.8) is 0 Å². The first-order chi connectivity index (χ1) is 57.3. The van der Waals surface area contributed by atoms with Crippen LogP contribution in [0.1, 0.15) is 104 Å². The van der Waals surface area contributed by atoms with Crippen LogP contribution in [0.15, 0.2) is 167 Å². The minimum Gasteiger partial charge on any atom is -0.497 e. The van der Waals surface area contributed by atoms with E-state index in [-0.39, 0.29) is 56.3 Å². The summed E-state index contributed by atoms with van der Waals surface area (Å²) in [6, 6.07) is 44.6. The molecule has 15 rings (SSSR count). The highest BCUT2D eigenvalue weighted by Crippen LogP contribution is 2.34. The number of allylic oxidation sites excluding steroid dienone is 1. The van der Waals surface area contributed by atoms with Crippen molar-refractivity contribution >= 4 is 147 Å². The number of likely N-dealkylation sites (tertiary alicyclic amines) is 4. The molecule has 4 saturated heterocycles. The molecule has 1 unspecified atom stereocenters. The summed E-state index contributed by atoms with van der Waals surface area (Å²) in [4.78, 5) is 57.6. The summed E-state index contributed by atoms with van der Waals surface area (Å²) in [6.07, 6.45) is 12.4. The number of piperidine rings is 4. The maximum Gasteiger partial charge on any atom is 0.321 e. The number of aromatic nitrogens is 6. The maximum atomic E-state index is 12.4. The van der Waals surface area contributed by atoms with Gasteiger partial charge in [-0.05, 0) is 179 Å². The Kier molecular flexibility index (Phi) is 32.4. The second-order valence-electron chi connectivity index (χ2n) is 30.1. The van der Waals surface area contributed by atoms with E-state index in [0.717, 1.165) is 179 Å². The Morgan fingerprint density at radius 3 is 1.66 bits per heavy atom. The Morgan fingerprint density at radius 2 is 1.13 bits per heavy atom. The molecule has 644 valence electrons. The number of hydrogen-bond acceptors (Lipinski definition) is 19. The van der Waals surface area contributed by atoms with Gasteiger partial charge in [-0.1, -0.05) is 146 Å². The zero-order chi connectivity index (χ0) is 84.3. The first kappa shape index (κ1) is 89.9. The number of carboxylic acids is 1. The largest absolute Gasteiger partial charge is 0.497 e. The lowest BCUT2D eigenvalue weighted by Crippen LogP contribution is -2.48. The third-order valence-electron chi connectivity index (χ3n) is 21.5. The van der Waals surface area contributed by atoms with Crippen LogP contribution in [-0.4, -0.2) is 226 Å². The molecule has 4 fully saturated rings. The molecule has 3 atom stereocenters. The van der Waals surface area contributed by atoms with Crippen LogP contribution in [0.25, 0.3) is 33.7 Å². The van der Waals surface area contributed by atoms with E-state index in [4.69, 9.17) is 94.0 Å². The number of H-pyrrole nitrogens is 2. The van der Waals surface area contributed by atoms with Crippen molar-refractivity contribution in [3.8, 4) is 23.0 Å². The van der Waals surface area contributed by atoms with Gasteiger partial charge >= 0.3 is 5.97 Å². The van der Waals surface area contributed by atoms with Gasteiger partial charge in [-0.25, -0.2) is 18.4 Å². The number of ether oxygens (including phenoxy) is 4. The zero-order valence-corrected chi connectivity index (χ0v) is 72.7. The highest BCUT2D eigenvalue weighted by Gasteiger charge is 2.33. The van der Waals surface area contributed by atoms with Gasteiger partial charge in [0.15, 0.2) is 26.7 Å². The predicted molar refractivity (Wildman–Crippen MR) is 481 cm³/mol. The first-order valence-electron chi connectivity index (χ1n) is 39.5. The highest BCUT2D eigenvalue weighted by atomic mass is 79.9. The fraction of sp³-hybridized carbons (Fsp3) is 0.384. The second kappa shape index (κ2) is 42.9. The van der Waals surface area contributed by atoms with Gasteiger partial charge in [0.25, 0.3) is 11.8 Å². The van der Waals surface area contributed by atoms with E-state index >= 15 is 0 Å². The molecular formula is C86H108BrCl6N13O12S. The van der Waals surface area contributed by atoms with Gasteiger partial charge in [-0.2, -0.15) is 5.10 Å². The lowest BCUT2D eigenvalue weighted by atomic mass is 9.93. The van der Waals surface area contributed by atoms with Crippen LogP contribution in [0.5, 0.6) is 23.0 Å². The summed E-state index contributed by atoms with van der Waals surface area (Å²) < 4.78 is 50.0. The quantitative estimate of drug-likeness (QED) is 0.0264. The summed E-state index contributed by atoms with van der Waals surface area (Å²) >= 11 is 39.6. The van der Waals surface area contributed by atoms with Crippen LogP contribution in [-0.2, 0) is 27.6 Å². The molecule has 33 heteroatoms. The van der Waals surface area contributed by atoms with Crippen molar-refractivity contribution in [2.45, 2.75) is 112 Å². The molecule has 0 aliphatic carbocycles. The number of β-amino-alcohol motifs (C(OH)–C–C–N with tert-alkyl or cyclic N) is 2. The predicted octanol–water partition coefficient (Wildman–Crippen LogP) is 16.2. The van der Waals surface area contributed by atoms with Gasteiger partial charge in [0, 0.05) is 121 Å². The molecule has 5 aliphatic heterocycles. The van der Waals surface area contributed by atoms with Crippen LogP contribution in [0.4, 0.5) is 0 Å². The van der Waals surface area contributed by atoms with Crippen molar-refractivity contribution in [2.24, 2.45) is 5.92 Å². The number of para-hydroxylation sites is 1. The Balaban J connectivity index is 0.000000256. The monoisotopic (exact) mass is 1840 g/mol. The number of nitrogens with zero attached hydrogens (tertiary/aromatic N) is 8. The Bertz CT molecular complexity index is 5360. The number of nitrogens with one attached hydrogen (secondary N) is 5. The first-order valence-corrected chi connectivity index (χ1v) is 44.4. The van der Waals surface area contributed by atoms with Gasteiger partial charge in [0.2, 0.25) is 0 Å². The van der Waals surface area contributed by atoms with E-state index < -0.39 is 40.0 Å². The lowest BCUT2D eigenvalue weighted by Gasteiger charge is -2.39. The molecule has 0 radical (unpaired) electrons. The molecule has 3 aromatic heterocycles. The summed E-state index contributed by atoms with van der Waals surface area (Å²) in [5.41, 5.74) is 6.24. The Hall–Kier alpha value is -8.36.